The lowest BCUT2D eigenvalue weighted by atomic mass is 9.92. The van der Waals surface area contributed by atoms with Gasteiger partial charge in [-0.15, -0.1) is 0 Å². The van der Waals surface area contributed by atoms with Crippen molar-refractivity contribution in [3.05, 3.63) is 34.3 Å². The highest BCUT2D eigenvalue weighted by Gasteiger charge is 2.36. The van der Waals surface area contributed by atoms with Gasteiger partial charge >= 0.3 is 5.97 Å². The van der Waals surface area contributed by atoms with Gasteiger partial charge in [0.1, 0.15) is 5.54 Å². The van der Waals surface area contributed by atoms with Crippen molar-refractivity contribution in [2.45, 2.75) is 45.6 Å². The number of aliphatic carboxylic acids is 1. The molecule has 1 rings (SSSR count). The zero-order valence-corrected chi connectivity index (χ0v) is 12.8. The van der Waals surface area contributed by atoms with Gasteiger partial charge in [-0.25, -0.2) is 4.79 Å². The fourth-order valence-electron chi connectivity index (χ4n) is 2.06. The number of aryl methyl sites for hydroxylation is 1. The second-order valence-corrected chi connectivity index (χ2v) is 5.32. The lowest BCUT2D eigenvalue weighted by Gasteiger charge is -2.28. The second-order valence-electron chi connectivity index (χ2n) is 4.91. The van der Waals surface area contributed by atoms with Crippen LogP contribution in [0.1, 0.15) is 37.8 Å². The number of benzene rings is 1. The van der Waals surface area contributed by atoms with Crippen LogP contribution in [0.3, 0.4) is 0 Å². The molecule has 0 unspecified atom stereocenters. The maximum atomic E-state index is 12.1. The van der Waals surface area contributed by atoms with Gasteiger partial charge in [0.15, 0.2) is 0 Å². The number of carbonyl (C=O) groups is 2. The predicted octanol–water partition coefficient (Wildman–Crippen LogP) is 2.95. The molecule has 0 saturated heterocycles. The van der Waals surface area contributed by atoms with E-state index in [0.717, 1.165) is 5.56 Å². The molecule has 0 atom stereocenters. The van der Waals surface area contributed by atoms with Crippen LogP contribution < -0.4 is 5.32 Å². The van der Waals surface area contributed by atoms with Gasteiger partial charge in [0.2, 0.25) is 5.91 Å². The molecule has 2 N–H and O–H groups in total. The lowest BCUT2D eigenvalue weighted by molar-refractivity contribution is -0.148. The first kappa shape index (κ1) is 16.5. The van der Waals surface area contributed by atoms with Gasteiger partial charge in [-0.3, -0.25) is 4.79 Å². The van der Waals surface area contributed by atoms with E-state index >= 15 is 0 Å². The summed E-state index contributed by atoms with van der Waals surface area (Å²) in [6.45, 7) is 5.41. The monoisotopic (exact) mass is 297 g/mol. The average Bonchev–Trinajstić information content (AvgIpc) is 2.39. The molecular weight excluding hydrogens is 278 g/mol. The van der Waals surface area contributed by atoms with Gasteiger partial charge in [-0.1, -0.05) is 37.6 Å². The van der Waals surface area contributed by atoms with Crippen LogP contribution in [-0.2, 0) is 16.0 Å². The van der Waals surface area contributed by atoms with E-state index in [2.05, 4.69) is 5.32 Å². The third kappa shape index (κ3) is 3.73. The number of carboxylic acids is 1. The third-order valence-electron chi connectivity index (χ3n) is 3.55. The smallest absolute Gasteiger partial charge is 0.329 e. The normalized spacial score (nSPS) is 11.2. The van der Waals surface area contributed by atoms with Crippen LogP contribution in [0.2, 0.25) is 5.02 Å². The van der Waals surface area contributed by atoms with Crippen molar-refractivity contribution in [3.8, 4) is 0 Å². The number of carbonyl (C=O) groups excluding carboxylic acids is 1. The van der Waals surface area contributed by atoms with E-state index < -0.39 is 11.5 Å². The minimum Gasteiger partial charge on any atom is -0.480 e. The molecule has 5 heteroatoms. The molecule has 0 saturated carbocycles. The van der Waals surface area contributed by atoms with Gasteiger partial charge in [0.25, 0.3) is 0 Å². The fourth-order valence-corrected chi connectivity index (χ4v) is 2.36. The highest BCUT2D eigenvalue weighted by atomic mass is 35.5. The molecule has 110 valence electrons. The standard InChI is InChI=1S/C15H20ClNO3/c1-4-15(5-2,14(19)20)17-13(18)9-11-7-6-10(3)8-12(11)16/h6-8H,4-5,9H2,1-3H3,(H,17,18)(H,19,20). The molecule has 0 aliphatic carbocycles. The van der Waals surface area contributed by atoms with Gasteiger partial charge in [0.05, 0.1) is 6.42 Å². The molecule has 0 heterocycles. The summed E-state index contributed by atoms with van der Waals surface area (Å²) in [4.78, 5) is 23.4. The highest BCUT2D eigenvalue weighted by molar-refractivity contribution is 6.31. The lowest BCUT2D eigenvalue weighted by Crippen LogP contribution is -2.54. The molecule has 0 aromatic heterocycles. The Kier molecular flexibility index (Phi) is 5.57. The number of hydrogen-bond acceptors (Lipinski definition) is 2. The molecule has 0 spiro atoms. The van der Waals surface area contributed by atoms with E-state index in [-0.39, 0.29) is 12.3 Å². The summed E-state index contributed by atoms with van der Waals surface area (Å²) in [5.41, 5.74) is 0.510. The van der Waals surface area contributed by atoms with E-state index in [1.54, 1.807) is 26.0 Å². The number of hydrogen-bond donors (Lipinski definition) is 2. The van der Waals surface area contributed by atoms with Gasteiger partial charge in [0, 0.05) is 5.02 Å². The van der Waals surface area contributed by atoms with Crippen LogP contribution in [0.4, 0.5) is 0 Å². The first-order chi connectivity index (χ1) is 9.34. The Hall–Kier alpha value is -1.55. The number of amides is 1. The van der Waals surface area contributed by atoms with Gasteiger partial charge < -0.3 is 10.4 Å². The van der Waals surface area contributed by atoms with Crippen LogP contribution in [-0.4, -0.2) is 22.5 Å². The largest absolute Gasteiger partial charge is 0.480 e. The Morgan fingerprint density at radius 2 is 1.90 bits per heavy atom. The van der Waals surface area contributed by atoms with Crippen molar-refractivity contribution in [1.29, 1.82) is 0 Å². The molecule has 0 radical (unpaired) electrons. The van der Waals surface area contributed by atoms with Crippen molar-refractivity contribution in [3.63, 3.8) is 0 Å². The number of carboxylic acid groups (broad SMARTS) is 1. The molecule has 0 aliphatic heterocycles. The molecule has 1 amide bonds. The van der Waals surface area contributed by atoms with E-state index in [1.807, 2.05) is 13.0 Å². The maximum absolute atomic E-state index is 12.1. The number of nitrogens with one attached hydrogen (secondary N) is 1. The van der Waals surface area contributed by atoms with Crippen molar-refractivity contribution in [1.82, 2.24) is 5.32 Å². The van der Waals surface area contributed by atoms with Crippen LogP contribution in [0, 0.1) is 6.92 Å². The van der Waals surface area contributed by atoms with Crippen LogP contribution in [0.25, 0.3) is 0 Å². The summed E-state index contributed by atoms with van der Waals surface area (Å²) in [6.07, 6.45) is 0.756. The van der Waals surface area contributed by atoms with Gasteiger partial charge in [-0.05, 0) is 37.0 Å². The molecule has 4 nitrogen and oxygen atoms in total. The van der Waals surface area contributed by atoms with E-state index in [0.29, 0.717) is 23.4 Å². The third-order valence-corrected chi connectivity index (χ3v) is 3.91. The summed E-state index contributed by atoms with van der Waals surface area (Å²) >= 11 is 6.08. The fraction of sp³-hybridized carbons (Fsp3) is 0.467. The molecule has 1 aromatic carbocycles. The summed E-state index contributed by atoms with van der Waals surface area (Å²) in [5.74, 6) is -1.34. The predicted molar refractivity (Wildman–Crippen MR) is 79.0 cm³/mol. The topological polar surface area (TPSA) is 66.4 Å². The molecule has 0 fully saturated rings. The molecular formula is C15H20ClNO3. The Morgan fingerprint density at radius 3 is 2.35 bits per heavy atom. The van der Waals surface area contributed by atoms with Crippen molar-refractivity contribution < 1.29 is 14.7 Å². The summed E-state index contributed by atoms with van der Waals surface area (Å²) in [6, 6.07) is 5.45. The first-order valence-corrected chi connectivity index (χ1v) is 7.02. The van der Waals surface area contributed by atoms with Crippen LogP contribution in [0.5, 0.6) is 0 Å². The zero-order valence-electron chi connectivity index (χ0n) is 12.0. The van der Waals surface area contributed by atoms with E-state index in [4.69, 9.17) is 11.6 Å². The van der Waals surface area contributed by atoms with Crippen LogP contribution >= 0.6 is 11.6 Å². The zero-order chi connectivity index (χ0) is 15.3. The minimum absolute atomic E-state index is 0.0775. The van der Waals surface area contributed by atoms with E-state index in [1.165, 1.54) is 0 Å². The summed E-state index contributed by atoms with van der Waals surface area (Å²) < 4.78 is 0. The Morgan fingerprint density at radius 1 is 1.30 bits per heavy atom. The maximum Gasteiger partial charge on any atom is 0.329 e. The highest BCUT2D eigenvalue weighted by Crippen LogP contribution is 2.20. The minimum atomic E-state index is -1.20. The molecule has 0 bridgehead atoms. The van der Waals surface area contributed by atoms with Gasteiger partial charge in [-0.2, -0.15) is 0 Å². The Balaban J connectivity index is 2.83. The number of rotatable bonds is 6. The van der Waals surface area contributed by atoms with Crippen molar-refractivity contribution in [2.24, 2.45) is 0 Å². The Bertz CT molecular complexity index is 510. The van der Waals surface area contributed by atoms with Crippen molar-refractivity contribution in [2.75, 3.05) is 0 Å². The first-order valence-electron chi connectivity index (χ1n) is 6.64. The van der Waals surface area contributed by atoms with Crippen molar-refractivity contribution >= 4 is 23.5 Å². The quantitative estimate of drug-likeness (QED) is 0.848. The summed E-state index contributed by atoms with van der Waals surface area (Å²) in [7, 11) is 0. The summed E-state index contributed by atoms with van der Waals surface area (Å²) in [5, 5.41) is 12.4. The Labute approximate surface area is 124 Å². The second kappa shape index (κ2) is 6.75. The molecule has 0 aliphatic rings. The van der Waals surface area contributed by atoms with E-state index in [9.17, 15) is 14.7 Å². The van der Waals surface area contributed by atoms with Crippen LogP contribution in [0.15, 0.2) is 18.2 Å². The molecule has 20 heavy (non-hydrogen) atoms. The SMILES string of the molecule is CCC(CC)(NC(=O)Cc1ccc(C)cc1Cl)C(=O)O. The average molecular weight is 298 g/mol. The number of halogens is 1. The molecule has 1 aromatic rings.